The molecule has 1 fully saturated rings. The molecule has 1 saturated heterocycles. The normalized spacial score (nSPS) is 13.9. The minimum Gasteiger partial charge on any atom is -0.495 e. The van der Waals surface area contributed by atoms with Crippen LogP contribution in [0, 0.1) is 0 Å². The van der Waals surface area contributed by atoms with E-state index >= 15 is 0 Å². The van der Waals surface area contributed by atoms with Crippen LogP contribution in [-0.4, -0.2) is 48.1 Å². The summed E-state index contributed by atoms with van der Waals surface area (Å²) in [6.45, 7) is 1.46. The Hall–Kier alpha value is -4.57. The first-order valence-corrected chi connectivity index (χ1v) is 13.0. The van der Waals surface area contributed by atoms with Crippen LogP contribution in [0.25, 0.3) is 6.08 Å². The monoisotopic (exact) mass is 545 g/mol. The van der Waals surface area contributed by atoms with Gasteiger partial charge in [-0.1, -0.05) is 43.3 Å². The molecule has 1 heterocycles. The zero-order chi connectivity index (χ0) is 27.8. The first-order chi connectivity index (χ1) is 18.9. The van der Waals surface area contributed by atoms with Gasteiger partial charge in [0.25, 0.3) is 17.1 Å². The average molecular weight is 546 g/mol. The number of carbonyl (C=O) groups is 4. The van der Waals surface area contributed by atoms with Crippen molar-refractivity contribution in [2.75, 3.05) is 30.9 Å². The van der Waals surface area contributed by atoms with E-state index in [-0.39, 0.29) is 24.0 Å². The molecule has 3 aromatic carbocycles. The SMILES string of the molecule is CCc1ccc(NC(=O)CN2C(=O)S/C(=C\c3ccc(OCC(=O)Nc4ccccc4OC)cc3)C2=O)cc1. The fraction of sp³-hybridized carbons (Fsp3) is 0.172. The Labute approximate surface area is 230 Å². The number of amides is 4. The van der Waals surface area contributed by atoms with Gasteiger partial charge in [-0.05, 0) is 71.8 Å². The van der Waals surface area contributed by atoms with E-state index in [9.17, 15) is 19.2 Å². The van der Waals surface area contributed by atoms with Crippen molar-refractivity contribution in [3.8, 4) is 11.5 Å². The van der Waals surface area contributed by atoms with E-state index < -0.39 is 17.1 Å². The lowest BCUT2D eigenvalue weighted by Crippen LogP contribution is -2.36. The van der Waals surface area contributed by atoms with Gasteiger partial charge in [-0.25, -0.2) is 0 Å². The largest absolute Gasteiger partial charge is 0.495 e. The van der Waals surface area contributed by atoms with Crippen LogP contribution in [-0.2, 0) is 20.8 Å². The van der Waals surface area contributed by atoms with Gasteiger partial charge >= 0.3 is 0 Å². The molecule has 0 atom stereocenters. The van der Waals surface area contributed by atoms with Crippen molar-refractivity contribution in [3.05, 3.63) is 88.8 Å². The quantitative estimate of drug-likeness (QED) is 0.347. The minimum absolute atomic E-state index is 0.207. The van der Waals surface area contributed by atoms with Gasteiger partial charge in [-0.15, -0.1) is 0 Å². The molecule has 0 bridgehead atoms. The highest BCUT2D eigenvalue weighted by molar-refractivity contribution is 8.18. The number of ether oxygens (including phenoxy) is 2. The van der Waals surface area contributed by atoms with Gasteiger partial charge in [-0.3, -0.25) is 24.1 Å². The maximum Gasteiger partial charge on any atom is 0.294 e. The van der Waals surface area contributed by atoms with Crippen LogP contribution in [0.5, 0.6) is 11.5 Å². The topological polar surface area (TPSA) is 114 Å². The van der Waals surface area contributed by atoms with Gasteiger partial charge in [0, 0.05) is 5.69 Å². The van der Waals surface area contributed by atoms with Gasteiger partial charge < -0.3 is 20.1 Å². The lowest BCUT2D eigenvalue weighted by Gasteiger charge is -2.12. The Balaban J connectivity index is 1.30. The van der Waals surface area contributed by atoms with Crippen LogP contribution in [0.15, 0.2) is 77.7 Å². The molecule has 2 N–H and O–H groups in total. The van der Waals surface area contributed by atoms with Crippen LogP contribution in [0.1, 0.15) is 18.1 Å². The fourth-order valence-corrected chi connectivity index (χ4v) is 4.54. The average Bonchev–Trinajstić information content (AvgIpc) is 3.20. The third kappa shape index (κ3) is 7.26. The third-order valence-corrected chi connectivity index (χ3v) is 6.66. The number of rotatable bonds is 10. The molecule has 0 unspecified atom stereocenters. The second-order valence-electron chi connectivity index (χ2n) is 8.47. The summed E-state index contributed by atoms with van der Waals surface area (Å²) in [7, 11) is 1.52. The lowest BCUT2D eigenvalue weighted by atomic mass is 10.1. The summed E-state index contributed by atoms with van der Waals surface area (Å²) in [5.41, 5.74) is 2.94. The predicted molar refractivity (Wildman–Crippen MR) is 151 cm³/mol. The smallest absolute Gasteiger partial charge is 0.294 e. The molecular weight excluding hydrogens is 518 g/mol. The molecule has 3 aromatic rings. The highest BCUT2D eigenvalue weighted by Crippen LogP contribution is 2.32. The van der Waals surface area contributed by atoms with Gasteiger partial charge in [0.1, 0.15) is 18.0 Å². The Bertz CT molecular complexity index is 1400. The molecule has 0 aromatic heterocycles. The first kappa shape index (κ1) is 27.5. The summed E-state index contributed by atoms with van der Waals surface area (Å²) in [4.78, 5) is 51.0. The molecule has 0 spiro atoms. The van der Waals surface area contributed by atoms with Crippen LogP contribution >= 0.6 is 11.8 Å². The number of benzene rings is 3. The third-order valence-electron chi connectivity index (χ3n) is 5.75. The molecule has 1 aliphatic rings. The van der Waals surface area contributed by atoms with Crippen molar-refractivity contribution in [3.63, 3.8) is 0 Å². The maximum atomic E-state index is 12.8. The number of hydrogen-bond donors (Lipinski definition) is 2. The zero-order valence-corrected chi connectivity index (χ0v) is 22.2. The van der Waals surface area contributed by atoms with Crippen LogP contribution in [0.2, 0.25) is 0 Å². The number of anilines is 2. The summed E-state index contributed by atoms with van der Waals surface area (Å²) in [6.07, 6.45) is 2.46. The Morgan fingerprint density at radius 2 is 1.64 bits per heavy atom. The summed E-state index contributed by atoms with van der Waals surface area (Å²) >= 11 is 0.776. The number of imide groups is 1. The van der Waals surface area contributed by atoms with E-state index in [0.29, 0.717) is 28.4 Å². The molecule has 39 heavy (non-hydrogen) atoms. The summed E-state index contributed by atoms with van der Waals surface area (Å²) < 4.78 is 10.8. The highest BCUT2D eigenvalue weighted by atomic mass is 32.2. The van der Waals surface area contributed by atoms with Crippen molar-refractivity contribution in [1.82, 2.24) is 4.90 Å². The molecule has 200 valence electrons. The van der Waals surface area contributed by atoms with Crippen molar-refractivity contribution < 1.29 is 28.7 Å². The second kappa shape index (κ2) is 12.8. The fourth-order valence-electron chi connectivity index (χ4n) is 3.70. The van der Waals surface area contributed by atoms with E-state index in [4.69, 9.17) is 9.47 Å². The Kier molecular flexibility index (Phi) is 9.01. The maximum absolute atomic E-state index is 12.8. The van der Waals surface area contributed by atoms with E-state index in [0.717, 1.165) is 28.6 Å². The van der Waals surface area contributed by atoms with Gasteiger partial charge in [0.15, 0.2) is 6.61 Å². The molecule has 0 radical (unpaired) electrons. The number of para-hydroxylation sites is 2. The van der Waals surface area contributed by atoms with Crippen molar-refractivity contribution >= 4 is 52.2 Å². The number of methoxy groups -OCH3 is 1. The van der Waals surface area contributed by atoms with Crippen molar-refractivity contribution in [2.24, 2.45) is 0 Å². The Morgan fingerprint density at radius 1 is 0.923 bits per heavy atom. The van der Waals surface area contributed by atoms with E-state index in [2.05, 4.69) is 10.6 Å². The number of carbonyl (C=O) groups excluding carboxylic acids is 4. The summed E-state index contributed by atoms with van der Waals surface area (Å²) in [5, 5.41) is 4.93. The van der Waals surface area contributed by atoms with E-state index in [1.165, 1.54) is 7.11 Å². The minimum atomic E-state index is -0.533. The molecule has 10 heteroatoms. The number of nitrogens with zero attached hydrogens (tertiary/aromatic N) is 1. The summed E-state index contributed by atoms with van der Waals surface area (Å²) in [6, 6.07) is 21.2. The molecule has 4 rings (SSSR count). The zero-order valence-electron chi connectivity index (χ0n) is 21.4. The number of hydrogen-bond acceptors (Lipinski definition) is 7. The number of thioether (sulfide) groups is 1. The molecule has 1 aliphatic heterocycles. The highest BCUT2D eigenvalue weighted by Gasteiger charge is 2.36. The van der Waals surface area contributed by atoms with E-state index in [1.54, 1.807) is 66.7 Å². The number of nitrogens with one attached hydrogen (secondary N) is 2. The molecular formula is C29H27N3O6S. The Morgan fingerprint density at radius 3 is 2.33 bits per heavy atom. The predicted octanol–water partition coefficient (Wildman–Crippen LogP) is 4.95. The summed E-state index contributed by atoms with van der Waals surface area (Å²) in [5.74, 6) is -0.339. The van der Waals surface area contributed by atoms with Crippen LogP contribution in [0.4, 0.5) is 16.2 Å². The van der Waals surface area contributed by atoms with Gasteiger partial charge in [-0.2, -0.15) is 0 Å². The van der Waals surface area contributed by atoms with E-state index in [1.807, 2.05) is 19.1 Å². The van der Waals surface area contributed by atoms with Gasteiger partial charge in [0.2, 0.25) is 5.91 Å². The van der Waals surface area contributed by atoms with Crippen LogP contribution < -0.4 is 20.1 Å². The van der Waals surface area contributed by atoms with Crippen LogP contribution in [0.3, 0.4) is 0 Å². The number of aryl methyl sites for hydroxylation is 1. The van der Waals surface area contributed by atoms with Crippen molar-refractivity contribution in [2.45, 2.75) is 13.3 Å². The lowest BCUT2D eigenvalue weighted by molar-refractivity contribution is -0.127. The molecule has 9 nitrogen and oxygen atoms in total. The molecule has 0 aliphatic carbocycles. The first-order valence-electron chi connectivity index (χ1n) is 12.2. The van der Waals surface area contributed by atoms with Crippen molar-refractivity contribution in [1.29, 1.82) is 0 Å². The second-order valence-corrected chi connectivity index (χ2v) is 9.47. The van der Waals surface area contributed by atoms with Gasteiger partial charge in [0.05, 0.1) is 17.7 Å². The molecule has 4 amide bonds. The standard InChI is InChI=1S/C29H27N3O6S/c1-3-19-8-12-21(13-9-19)30-26(33)17-32-28(35)25(39-29(32)36)16-20-10-14-22(15-11-20)38-18-27(34)31-23-6-4-5-7-24(23)37-2/h4-16H,3,17-18H2,1-2H3,(H,30,33)(H,31,34)/b25-16-. The molecule has 0 saturated carbocycles.